The summed E-state index contributed by atoms with van der Waals surface area (Å²) in [4.78, 5) is 14.5. The van der Waals surface area contributed by atoms with Gasteiger partial charge in [0.25, 0.3) is 0 Å². The van der Waals surface area contributed by atoms with Crippen LogP contribution in [0.25, 0.3) is 0 Å². The molecule has 16 heavy (non-hydrogen) atoms. The van der Waals surface area contributed by atoms with Crippen molar-refractivity contribution in [2.45, 2.75) is 31.7 Å². The number of carbonyl (C=O) groups is 1. The summed E-state index contributed by atoms with van der Waals surface area (Å²) in [5.41, 5.74) is 5.47. The number of carboxylic acids is 1. The Bertz CT molecular complexity index is 395. The number of hydrogen-bond donors (Lipinski definition) is 2. The molecule has 1 heterocycles. The van der Waals surface area contributed by atoms with Gasteiger partial charge in [0.2, 0.25) is 0 Å². The van der Waals surface area contributed by atoms with Crippen molar-refractivity contribution in [2.24, 2.45) is 5.73 Å². The van der Waals surface area contributed by atoms with Gasteiger partial charge in [0.05, 0.1) is 12.6 Å². The monoisotopic (exact) mass is 226 g/mol. The fourth-order valence-corrected chi connectivity index (χ4v) is 1.56. The quantitative estimate of drug-likeness (QED) is 0.811. The summed E-state index contributed by atoms with van der Waals surface area (Å²) in [6.07, 6.45) is 2.37. The average molecular weight is 226 g/mol. The van der Waals surface area contributed by atoms with Crippen LogP contribution in [0.2, 0.25) is 0 Å². The summed E-state index contributed by atoms with van der Waals surface area (Å²) in [5.74, 6) is -1.46. The van der Waals surface area contributed by atoms with E-state index in [1.807, 2.05) is 0 Å². The zero-order valence-electron chi connectivity index (χ0n) is 9.27. The maximum Gasteiger partial charge on any atom is 0.304 e. The third-order valence-electron chi connectivity index (χ3n) is 2.89. The van der Waals surface area contributed by atoms with Gasteiger partial charge in [0, 0.05) is 17.7 Å². The van der Waals surface area contributed by atoms with E-state index in [-0.39, 0.29) is 6.42 Å². The van der Waals surface area contributed by atoms with Crippen molar-refractivity contribution in [3.8, 4) is 0 Å². The van der Waals surface area contributed by atoms with Gasteiger partial charge in [-0.25, -0.2) is 4.39 Å². The van der Waals surface area contributed by atoms with Crippen LogP contribution in [-0.4, -0.2) is 22.1 Å². The summed E-state index contributed by atoms with van der Waals surface area (Å²) in [6.45, 7) is 3.40. The van der Waals surface area contributed by atoms with Crippen molar-refractivity contribution in [3.05, 3.63) is 29.8 Å². The molecule has 4 nitrogen and oxygen atoms in total. The van der Waals surface area contributed by atoms with Crippen LogP contribution in [0.3, 0.4) is 0 Å². The lowest BCUT2D eigenvalue weighted by molar-refractivity contribution is -0.138. The molecule has 0 aliphatic heterocycles. The summed E-state index contributed by atoms with van der Waals surface area (Å²) < 4.78 is 13.0. The number of aromatic nitrogens is 1. The molecule has 0 spiro atoms. The minimum Gasteiger partial charge on any atom is -0.481 e. The molecule has 0 bridgehead atoms. The lowest BCUT2D eigenvalue weighted by Gasteiger charge is -2.32. The van der Waals surface area contributed by atoms with E-state index in [1.165, 1.54) is 12.3 Å². The average Bonchev–Trinajstić information content (AvgIpc) is 2.16. The molecule has 0 amide bonds. The van der Waals surface area contributed by atoms with Gasteiger partial charge >= 0.3 is 5.97 Å². The Balaban J connectivity index is 3.16. The van der Waals surface area contributed by atoms with Crippen LogP contribution in [0, 0.1) is 5.82 Å². The van der Waals surface area contributed by atoms with Crippen LogP contribution in [0.5, 0.6) is 0 Å². The molecular formula is C11H15FN2O2. The molecule has 88 valence electrons. The minimum absolute atomic E-state index is 0.157. The van der Waals surface area contributed by atoms with E-state index in [1.54, 1.807) is 13.8 Å². The fraction of sp³-hybridized carbons (Fsp3) is 0.455. The normalized spacial score (nSPS) is 16.5. The molecule has 0 aliphatic rings. The summed E-state index contributed by atoms with van der Waals surface area (Å²) in [5, 5.41) is 8.86. The van der Waals surface area contributed by atoms with Crippen molar-refractivity contribution in [1.29, 1.82) is 0 Å². The summed E-state index contributed by atoms with van der Waals surface area (Å²) in [6, 6.07) is 0.867. The molecule has 2 unspecified atom stereocenters. The van der Waals surface area contributed by atoms with Crippen molar-refractivity contribution in [1.82, 2.24) is 4.98 Å². The second-order valence-corrected chi connectivity index (χ2v) is 4.17. The van der Waals surface area contributed by atoms with E-state index in [2.05, 4.69) is 4.98 Å². The Labute approximate surface area is 93.3 Å². The molecule has 0 saturated heterocycles. The molecule has 0 fully saturated rings. The molecule has 1 aromatic heterocycles. The van der Waals surface area contributed by atoms with E-state index in [0.717, 1.165) is 6.20 Å². The van der Waals surface area contributed by atoms with Gasteiger partial charge in [-0.2, -0.15) is 0 Å². The first-order chi connectivity index (χ1) is 7.36. The van der Waals surface area contributed by atoms with Crippen LogP contribution in [0.4, 0.5) is 4.39 Å². The first kappa shape index (κ1) is 12.6. The number of rotatable bonds is 4. The highest BCUT2D eigenvalue weighted by Gasteiger charge is 2.34. The molecule has 3 N–H and O–H groups in total. The van der Waals surface area contributed by atoms with Gasteiger partial charge in [0.15, 0.2) is 0 Å². The predicted octanol–water partition coefficient (Wildman–Crippen LogP) is 1.30. The summed E-state index contributed by atoms with van der Waals surface area (Å²) >= 11 is 0. The van der Waals surface area contributed by atoms with Gasteiger partial charge in [0.1, 0.15) is 5.82 Å². The maximum absolute atomic E-state index is 13.0. The number of hydrogen-bond acceptors (Lipinski definition) is 3. The zero-order chi connectivity index (χ0) is 12.3. The standard InChI is InChI=1S/C11H15FN2O2/c1-7(13)11(2,4-10(15)16)8-3-9(12)6-14-5-8/h3,5-7H,4,13H2,1-2H3,(H,15,16). The van der Waals surface area contributed by atoms with Crippen LogP contribution in [-0.2, 0) is 10.2 Å². The first-order valence-corrected chi connectivity index (χ1v) is 4.94. The van der Waals surface area contributed by atoms with E-state index < -0.39 is 23.2 Å². The number of nitrogens with two attached hydrogens (primary N) is 1. The third-order valence-corrected chi connectivity index (χ3v) is 2.89. The second-order valence-electron chi connectivity index (χ2n) is 4.17. The molecule has 1 rings (SSSR count). The first-order valence-electron chi connectivity index (χ1n) is 4.94. The van der Waals surface area contributed by atoms with Crippen LogP contribution >= 0.6 is 0 Å². The molecule has 5 heteroatoms. The van der Waals surface area contributed by atoms with Gasteiger partial charge in [-0.1, -0.05) is 6.92 Å². The van der Waals surface area contributed by atoms with E-state index in [9.17, 15) is 9.18 Å². The Morgan fingerprint density at radius 1 is 1.69 bits per heavy atom. The Kier molecular flexibility index (Phi) is 3.59. The van der Waals surface area contributed by atoms with E-state index in [0.29, 0.717) is 5.56 Å². The Morgan fingerprint density at radius 3 is 2.75 bits per heavy atom. The number of pyridine rings is 1. The molecule has 0 aromatic carbocycles. The summed E-state index contributed by atoms with van der Waals surface area (Å²) in [7, 11) is 0. The highest BCUT2D eigenvalue weighted by molar-refractivity contribution is 5.69. The van der Waals surface area contributed by atoms with E-state index >= 15 is 0 Å². The topological polar surface area (TPSA) is 76.2 Å². The van der Waals surface area contributed by atoms with E-state index in [4.69, 9.17) is 10.8 Å². The zero-order valence-corrected chi connectivity index (χ0v) is 9.27. The van der Waals surface area contributed by atoms with Crippen molar-refractivity contribution < 1.29 is 14.3 Å². The predicted molar refractivity (Wildman–Crippen MR) is 57.4 cm³/mol. The second kappa shape index (κ2) is 4.57. The third kappa shape index (κ3) is 2.55. The minimum atomic E-state index is -0.968. The van der Waals surface area contributed by atoms with Crippen molar-refractivity contribution in [3.63, 3.8) is 0 Å². The van der Waals surface area contributed by atoms with Crippen molar-refractivity contribution in [2.75, 3.05) is 0 Å². The van der Waals surface area contributed by atoms with Crippen LogP contribution < -0.4 is 5.73 Å². The highest BCUT2D eigenvalue weighted by Crippen LogP contribution is 2.30. The molecule has 0 radical (unpaired) electrons. The van der Waals surface area contributed by atoms with Gasteiger partial charge in [-0.15, -0.1) is 0 Å². The molecule has 1 aromatic rings. The van der Waals surface area contributed by atoms with Crippen LogP contribution in [0.15, 0.2) is 18.5 Å². The smallest absolute Gasteiger partial charge is 0.304 e. The van der Waals surface area contributed by atoms with Crippen molar-refractivity contribution >= 4 is 5.97 Å². The van der Waals surface area contributed by atoms with Gasteiger partial charge < -0.3 is 10.8 Å². The maximum atomic E-state index is 13.0. The molecule has 2 atom stereocenters. The number of carboxylic acid groups (broad SMARTS) is 1. The molecular weight excluding hydrogens is 211 g/mol. The lowest BCUT2D eigenvalue weighted by atomic mass is 9.75. The molecule has 0 aliphatic carbocycles. The fourth-order valence-electron chi connectivity index (χ4n) is 1.56. The SMILES string of the molecule is CC(N)C(C)(CC(=O)O)c1cncc(F)c1. The number of aliphatic carboxylic acids is 1. The van der Waals surface area contributed by atoms with Crippen LogP contribution in [0.1, 0.15) is 25.8 Å². The Morgan fingerprint density at radius 2 is 2.31 bits per heavy atom. The molecule has 0 saturated carbocycles. The van der Waals surface area contributed by atoms with Gasteiger partial charge in [-0.05, 0) is 18.6 Å². The Hall–Kier alpha value is -1.49. The lowest BCUT2D eigenvalue weighted by Crippen LogP contribution is -2.42. The number of nitrogens with zero attached hydrogens (tertiary/aromatic N) is 1. The highest BCUT2D eigenvalue weighted by atomic mass is 19.1. The largest absolute Gasteiger partial charge is 0.481 e. The number of halogens is 1. The van der Waals surface area contributed by atoms with Gasteiger partial charge in [-0.3, -0.25) is 9.78 Å².